The molecule has 1 aliphatic rings. The first-order chi connectivity index (χ1) is 16.4. The van der Waals surface area contributed by atoms with Gasteiger partial charge >= 0.3 is 0 Å². The molecule has 0 fully saturated rings. The van der Waals surface area contributed by atoms with Crippen LogP contribution in [0.3, 0.4) is 0 Å². The van der Waals surface area contributed by atoms with Crippen LogP contribution < -0.4 is 5.32 Å². The first kappa shape index (κ1) is 25.0. The van der Waals surface area contributed by atoms with E-state index in [0.29, 0.717) is 0 Å². The minimum absolute atomic E-state index is 0.754. The Morgan fingerprint density at radius 1 is 1.00 bits per heavy atom. The number of nitrogens with one attached hydrogen (secondary N) is 1. The molecule has 0 aromatic heterocycles. The van der Waals surface area contributed by atoms with E-state index in [1.807, 2.05) is 6.08 Å². The van der Waals surface area contributed by atoms with Crippen molar-refractivity contribution in [2.45, 2.75) is 41.5 Å². The lowest BCUT2D eigenvalue weighted by atomic mass is 9.81. The molecule has 34 heavy (non-hydrogen) atoms. The highest BCUT2D eigenvalue weighted by Gasteiger charge is 2.22. The molecular weight excluding hydrogens is 412 g/mol. The molecule has 2 aromatic carbocycles. The lowest BCUT2D eigenvalue weighted by Crippen LogP contribution is -2.09. The predicted molar refractivity (Wildman–Crippen MR) is 151 cm³/mol. The van der Waals surface area contributed by atoms with Gasteiger partial charge in [-0.25, -0.2) is 0 Å². The van der Waals surface area contributed by atoms with Gasteiger partial charge in [0.25, 0.3) is 0 Å². The van der Waals surface area contributed by atoms with Gasteiger partial charge in [0.1, 0.15) is 0 Å². The van der Waals surface area contributed by atoms with Crippen molar-refractivity contribution >= 4 is 22.5 Å². The zero-order valence-electron chi connectivity index (χ0n) is 21.5. The standard InChI is InChI=1S/C32H36N2/c1-9-21(5)26-15-13-14-16-27(26)32(28-17-23(7)30(33-11-3)19-22(28)6)29-18-24(8)31(34-12-4)20-25(29)10-2/h10,13-20,33H,1-2,11-12H2,3-8H3/b32-29-,34-31?. The quantitative estimate of drug-likeness (QED) is 0.424. The minimum atomic E-state index is 0.754. The van der Waals surface area contributed by atoms with Gasteiger partial charge in [0.05, 0.1) is 5.71 Å². The molecule has 0 heterocycles. The van der Waals surface area contributed by atoms with Crippen molar-refractivity contribution in [3.63, 3.8) is 0 Å². The summed E-state index contributed by atoms with van der Waals surface area (Å²) in [5.74, 6) is 0. The van der Waals surface area contributed by atoms with Crippen molar-refractivity contribution in [3.8, 4) is 0 Å². The van der Waals surface area contributed by atoms with E-state index in [-0.39, 0.29) is 0 Å². The Morgan fingerprint density at radius 3 is 2.32 bits per heavy atom. The first-order valence-electron chi connectivity index (χ1n) is 12.0. The summed E-state index contributed by atoms with van der Waals surface area (Å²) in [7, 11) is 0. The fourth-order valence-electron chi connectivity index (χ4n) is 4.46. The van der Waals surface area contributed by atoms with Crippen molar-refractivity contribution in [2.24, 2.45) is 4.99 Å². The fourth-order valence-corrected chi connectivity index (χ4v) is 4.46. The second kappa shape index (κ2) is 11.0. The molecule has 1 N–H and O–H groups in total. The van der Waals surface area contributed by atoms with E-state index in [1.54, 1.807) is 0 Å². The summed E-state index contributed by atoms with van der Waals surface area (Å²) in [6.45, 7) is 22.5. The molecule has 0 aliphatic heterocycles. The van der Waals surface area contributed by atoms with Crippen LogP contribution in [0.25, 0.3) is 11.1 Å². The summed E-state index contributed by atoms with van der Waals surface area (Å²) < 4.78 is 0. The van der Waals surface area contributed by atoms with E-state index >= 15 is 0 Å². The van der Waals surface area contributed by atoms with Gasteiger partial charge in [0.15, 0.2) is 0 Å². The van der Waals surface area contributed by atoms with E-state index in [0.717, 1.165) is 52.2 Å². The number of nitrogens with zero attached hydrogens (tertiary/aromatic N) is 1. The third-order valence-corrected chi connectivity index (χ3v) is 6.26. The Balaban J connectivity index is 2.47. The average Bonchev–Trinajstić information content (AvgIpc) is 2.83. The minimum Gasteiger partial charge on any atom is -0.385 e. The summed E-state index contributed by atoms with van der Waals surface area (Å²) in [5.41, 5.74) is 16.9. The Kier molecular flexibility index (Phi) is 8.10. The zero-order valence-corrected chi connectivity index (χ0v) is 21.5. The fraction of sp³-hybridized carbons (Fsp3) is 0.250. The highest BCUT2D eigenvalue weighted by Crippen LogP contribution is 2.40. The predicted octanol–water partition coefficient (Wildman–Crippen LogP) is 8.26. The van der Waals surface area contributed by atoms with Crippen LogP contribution >= 0.6 is 0 Å². The number of rotatable bonds is 7. The van der Waals surface area contributed by atoms with Crippen LogP contribution in [-0.2, 0) is 0 Å². The van der Waals surface area contributed by atoms with Crippen LogP contribution in [0.15, 0.2) is 95.2 Å². The maximum atomic E-state index is 4.70. The third kappa shape index (κ3) is 4.98. The smallest absolute Gasteiger partial charge is 0.0609 e. The van der Waals surface area contributed by atoms with E-state index in [9.17, 15) is 0 Å². The molecule has 0 spiro atoms. The van der Waals surface area contributed by atoms with Crippen molar-refractivity contribution in [3.05, 3.63) is 118 Å². The highest BCUT2D eigenvalue weighted by molar-refractivity contribution is 6.12. The SMILES string of the molecule is C=C=C(C)c1ccccc1/C(=C1\C=C(C)C(=NCC)C=C1C=C)c1cc(C)c(NCC)cc1C. The van der Waals surface area contributed by atoms with Gasteiger partial charge in [-0.05, 0) is 122 Å². The van der Waals surface area contributed by atoms with E-state index in [4.69, 9.17) is 4.99 Å². The second-order valence-corrected chi connectivity index (χ2v) is 8.64. The van der Waals surface area contributed by atoms with E-state index in [1.165, 1.54) is 28.0 Å². The summed E-state index contributed by atoms with van der Waals surface area (Å²) in [4.78, 5) is 4.70. The maximum Gasteiger partial charge on any atom is 0.0609 e. The van der Waals surface area contributed by atoms with Gasteiger partial charge in [0, 0.05) is 18.8 Å². The third-order valence-electron chi connectivity index (χ3n) is 6.26. The normalized spacial score (nSPS) is 15.9. The van der Waals surface area contributed by atoms with Crippen LogP contribution in [0.5, 0.6) is 0 Å². The van der Waals surface area contributed by atoms with E-state index in [2.05, 4.69) is 114 Å². The Bertz CT molecular complexity index is 1290. The molecule has 3 rings (SSSR count). The number of benzene rings is 2. The number of anilines is 1. The molecule has 0 unspecified atom stereocenters. The van der Waals surface area contributed by atoms with Crippen LogP contribution in [0.1, 0.15) is 55.5 Å². The molecule has 0 amide bonds. The van der Waals surface area contributed by atoms with Crippen LogP contribution in [0, 0.1) is 13.8 Å². The molecule has 2 nitrogen and oxygen atoms in total. The van der Waals surface area contributed by atoms with Gasteiger partial charge in [-0.15, -0.1) is 5.73 Å². The molecule has 0 bridgehead atoms. The Hall–Kier alpha value is -3.61. The van der Waals surface area contributed by atoms with Gasteiger partial charge in [-0.1, -0.05) is 43.5 Å². The van der Waals surface area contributed by atoms with Crippen molar-refractivity contribution in [2.75, 3.05) is 18.4 Å². The Morgan fingerprint density at radius 2 is 1.71 bits per heavy atom. The number of aliphatic imine (C=N–C) groups is 1. The molecule has 0 saturated carbocycles. The summed E-state index contributed by atoms with van der Waals surface area (Å²) in [6, 6.07) is 13.1. The molecular formula is C32H36N2. The average molecular weight is 449 g/mol. The zero-order chi connectivity index (χ0) is 24.8. The topological polar surface area (TPSA) is 24.4 Å². The molecule has 2 heteroatoms. The maximum absolute atomic E-state index is 4.70. The Labute approximate surface area is 205 Å². The number of hydrogen-bond acceptors (Lipinski definition) is 2. The first-order valence-corrected chi connectivity index (χ1v) is 12.0. The molecule has 2 aromatic rings. The lowest BCUT2D eigenvalue weighted by Gasteiger charge is -2.24. The van der Waals surface area contributed by atoms with Gasteiger partial charge in [0.2, 0.25) is 0 Å². The number of hydrogen-bond donors (Lipinski definition) is 1. The molecule has 174 valence electrons. The van der Waals surface area contributed by atoms with Crippen LogP contribution in [0.2, 0.25) is 0 Å². The second-order valence-electron chi connectivity index (χ2n) is 8.64. The van der Waals surface area contributed by atoms with Gasteiger partial charge in [-0.2, -0.15) is 0 Å². The summed E-state index contributed by atoms with van der Waals surface area (Å²) >= 11 is 0. The molecule has 0 radical (unpaired) electrons. The van der Waals surface area contributed by atoms with Crippen LogP contribution in [-0.4, -0.2) is 18.8 Å². The summed E-state index contributed by atoms with van der Waals surface area (Å²) in [5, 5.41) is 3.49. The number of allylic oxidation sites excluding steroid dienone is 7. The largest absolute Gasteiger partial charge is 0.385 e. The van der Waals surface area contributed by atoms with Crippen molar-refractivity contribution in [1.29, 1.82) is 0 Å². The van der Waals surface area contributed by atoms with Gasteiger partial charge in [-0.3, -0.25) is 4.99 Å². The van der Waals surface area contributed by atoms with E-state index < -0.39 is 0 Å². The van der Waals surface area contributed by atoms with Crippen molar-refractivity contribution < 1.29 is 0 Å². The number of aryl methyl sites for hydroxylation is 2. The summed E-state index contributed by atoms with van der Waals surface area (Å²) in [6.07, 6.45) is 6.37. The lowest BCUT2D eigenvalue weighted by molar-refractivity contribution is 1.13. The molecule has 0 atom stereocenters. The van der Waals surface area contributed by atoms with Crippen molar-refractivity contribution in [1.82, 2.24) is 0 Å². The van der Waals surface area contributed by atoms with Crippen LogP contribution in [0.4, 0.5) is 5.69 Å². The molecule has 0 saturated heterocycles. The highest BCUT2D eigenvalue weighted by atomic mass is 14.9. The molecule has 1 aliphatic carbocycles. The van der Waals surface area contributed by atoms with Gasteiger partial charge < -0.3 is 5.32 Å². The monoisotopic (exact) mass is 448 g/mol.